The highest BCUT2D eigenvalue weighted by Crippen LogP contribution is 2.27. The van der Waals surface area contributed by atoms with E-state index in [0.29, 0.717) is 12.3 Å². The largest absolute Gasteiger partial charge is 0.392 e. The normalized spacial score (nSPS) is 23.0. The standard InChI is InChI=1S/C9H16O2/c10-7-6-9(11)8-4-2-1-3-5-8/h7-9,11H,1-6H2/t9-/m1/s1. The summed E-state index contributed by atoms with van der Waals surface area (Å²) < 4.78 is 0. The predicted molar refractivity (Wildman–Crippen MR) is 43.3 cm³/mol. The van der Waals surface area contributed by atoms with Crippen LogP contribution in [-0.2, 0) is 4.79 Å². The lowest BCUT2D eigenvalue weighted by atomic mass is 9.84. The highest BCUT2D eigenvalue weighted by atomic mass is 16.3. The van der Waals surface area contributed by atoms with Crippen LogP contribution in [0.15, 0.2) is 0 Å². The molecule has 1 fully saturated rings. The third-order valence-electron chi connectivity index (χ3n) is 2.53. The molecule has 64 valence electrons. The maximum atomic E-state index is 10.1. The molecule has 1 aliphatic carbocycles. The Bertz CT molecular complexity index is 117. The summed E-state index contributed by atoms with van der Waals surface area (Å²) in [5.41, 5.74) is 0. The van der Waals surface area contributed by atoms with Gasteiger partial charge in [0.1, 0.15) is 6.29 Å². The fourth-order valence-electron chi connectivity index (χ4n) is 1.81. The van der Waals surface area contributed by atoms with E-state index in [1.807, 2.05) is 0 Å². The molecule has 1 atom stereocenters. The third-order valence-corrected chi connectivity index (χ3v) is 2.53. The van der Waals surface area contributed by atoms with E-state index in [-0.39, 0.29) is 6.10 Å². The number of carbonyl (C=O) groups excluding carboxylic acids is 1. The summed E-state index contributed by atoms with van der Waals surface area (Å²) in [6, 6.07) is 0. The van der Waals surface area contributed by atoms with Gasteiger partial charge < -0.3 is 9.90 Å². The first-order chi connectivity index (χ1) is 5.34. The molecule has 0 aliphatic heterocycles. The SMILES string of the molecule is O=CC[C@@H](O)C1CCCCC1. The van der Waals surface area contributed by atoms with Crippen molar-refractivity contribution in [1.29, 1.82) is 0 Å². The summed E-state index contributed by atoms with van der Waals surface area (Å²) in [5, 5.41) is 9.44. The zero-order valence-corrected chi connectivity index (χ0v) is 6.83. The minimum atomic E-state index is -0.368. The minimum Gasteiger partial charge on any atom is -0.392 e. The Hall–Kier alpha value is -0.370. The number of rotatable bonds is 3. The molecule has 0 aromatic heterocycles. The Labute approximate surface area is 67.6 Å². The Morgan fingerprint density at radius 3 is 2.55 bits per heavy atom. The van der Waals surface area contributed by atoms with Crippen molar-refractivity contribution < 1.29 is 9.90 Å². The van der Waals surface area contributed by atoms with Crippen molar-refractivity contribution in [3.05, 3.63) is 0 Å². The molecule has 1 saturated carbocycles. The molecule has 11 heavy (non-hydrogen) atoms. The minimum absolute atomic E-state index is 0.324. The molecule has 0 unspecified atom stereocenters. The van der Waals surface area contributed by atoms with Crippen LogP contribution in [0.2, 0.25) is 0 Å². The van der Waals surface area contributed by atoms with E-state index in [1.165, 1.54) is 19.3 Å². The van der Waals surface area contributed by atoms with Gasteiger partial charge in [0.2, 0.25) is 0 Å². The van der Waals surface area contributed by atoms with Crippen molar-refractivity contribution in [2.45, 2.75) is 44.6 Å². The summed E-state index contributed by atoms with van der Waals surface area (Å²) in [6.45, 7) is 0. The van der Waals surface area contributed by atoms with Gasteiger partial charge in [-0.25, -0.2) is 0 Å². The van der Waals surface area contributed by atoms with E-state index in [0.717, 1.165) is 19.1 Å². The molecule has 0 spiro atoms. The van der Waals surface area contributed by atoms with Crippen molar-refractivity contribution in [2.24, 2.45) is 5.92 Å². The van der Waals surface area contributed by atoms with E-state index in [4.69, 9.17) is 0 Å². The molecule has 0 bridgehead atoms. The van der Waals surface area contributed by atoms with Crippen LogP contribution in [0.4, 0.5) is 0 Å². The van der Waals surface area contributed by atoms with Crippen molar-refractivity contribution in [1.82, 2.24) is 0 Å². The summed E-state index contributed by atoms with van der Waals surface area (Å²) in [5.74, 6) is 0.397. The maximum absolute atomic E-state index is 10.1. The molecule has 1 rings (SSSR count). The van der Waals surface area contributed by atoms with Crippen molar-refractivity contribution in [3.63, 3.8) is 0 Å². The molecule has 0 aromatic rings. The number of hydrogen-bond donors (Lipinski definition) is 1. The molecule has 0 aromatic carbocycles. The van der Waals surface area contributed by atoms with E-state index in [1.54, 1.807) is 0 Å². The van der Waals surface area contributed by atoms with Gasteiger partial charge in [-0.2, -0.15) is 0 Å². The highest BCUT2D eigenvalue weighted by molar-refractivity contribution is 5.50. The van der Waals surface area contributed by atoms with Gasteiger partial charge in [0.15, 0.2) is 0 Å². The average molecular weight is 156 g/mol. The van der Waals surface area contributed by atoms with Crippen LogP contribution in [0.3, 0.4) is 0 Å². The van der Waals surface area contributed by atoms with Gasteiger partial charge in [-0.15, -0.1) is 0 Å². The summed E-state index contributed by atoms with van der Waals surface area (Å²) >= 11 is 0. The van der Waals surface area contributed by atoms with Gasteiger partial charge in [0.05, 0.1) is 6.10 Å². The van der Waals surface area contributed by atoms with E-state index in [2.05, 4.69) is 0 Å². The van der Waals surface area contributed by atoms with Crippen LogP contribution >= 0.6 is 0 Å². The Morgan fingerprint density at radius 1 is 1.36 bits per heavy atom. The van der Waals surface area contributed by atoms with Gasteiger partial charge in [0, 0.05) is 6.42 Å². The molecule has 2 nitrogen and oxygen atoms in total. The van der Waals surface area contributed by atoms with Gasteiger partial charge in [0.25, 0.3) is 0 Å². The lowest BCUT2D eigenvalue weighted by Gasteiger charge is -2.25. The third kappa shape index (κ3) is 2.62. The fourth-order valence-corrected chi connectivity index (χ4v) is 1.81. The van der Waals surface area contributed by atoms with Gasteiger partial charge in [-0.05, 0) is 18.8 Å². The molecule has 0 saturated heterocycles. The number of aliphatic hydroxyl groups is 1. The smallest absolute Gasteiger partial charge is 0.122 e. The van der Waals surface area contributed by atoms with E-state index in [9.17, 15) is 9.90 Å². The highest BCUT2D eigenvalue weighted by Gasteiger charge is 2.20. The Morgan fingerprint density at radius 2 is 2.00 bits per heavy atom. The quantitative estimate of drug-likeness (QED) is 0.629. The van der Waals surface area contributed by atoms with E-state index < -0.39 is 0 Å². The zero-order valence-electron chi connectivity index (χ0n) is 6.83. The van der Waals surface area contributed by atoms with Crippen LogP contribution in [0.5, 0.6) is 0 Å². The first-order valence-electron chi connectivity index (χ1n) is 4.46. The number of aliphatic hydroxyl groups excluding tert-OH is 1. The molecule has 2 heteroatoms. The molecule has 1 aliphatic rings. The summed E-state index contributed by atoms with van der Waals surface area (Å²) in [7, 11) is 0. The van der Waals surface area contributed by atoms with Crippen molar-refractivity contribution in [2.75, 3.05) is 0 Å². The molecule has 0 radical (unpaired) electrons. The van der Waals surface area contributed by atoms with Gasteiger partial charge in [-0.3, -0.25) is 0 Å². The van der Waals surface area contributed by atoms with Crippen LogP contribution < -0.4 is 0 Å². The Kier molecular flexibility index (Phi) is 3.57. The number of carbonyl (C=O) groups is 1. The molecule has 1 N–H and O–H groups in total. The van der Waals surface area contributed by atoms with E-state index >= 15 is 0 Å². The lowest BCUT2D eigenvalue weighted by Crippen LogP contribution is -2.22. The van der Waals surface area contributed by atoms with Crippen molar-refractivity contribution in [3.8, 4) is 0 Å². The maximum Gasteiger partial charge on any atom is 0.122 e. The lowest BCUT2D eigenvalue weighted by molar-refractivity contribution is -0.110. The van der Waals surface area contributed by atoms with Crippen LogP contribution in [0.25, 0.3) is 0 Å². The Balaban J connectivity index is 2.26. The number of aldehydes is 1. The molecular formula is C9H16O2. The van der Waals surface area contributed by atoms with Crippen LogP contribution in [-0.4, -0.2) is 17.5 Å². The zero-order chi connectivity index (χ0) is 8.10. The van der Waals surface area contributed by atoms with Crippen molar-refractivity contribution >= 4 is 6.29 Å². The second-order valence-corrected chi connectivity index (χ2v) is 3.37. The molecule has 0 amide bonds. The van der Waals surface area contributed by atoms with Gasteiger partial charge >= 0.3 is 0 Å². The summed E-state index contributed by atoms with van der Waals surface area (Å²) in [6.07, 6.45) is 6.73. The first-order valence-corrected chi connectivity index (χ1v) is 4.46. The second kappa shape index (κ2) is 4.50. The topological polar surface area (TPSA) is 37.3 Å². The average Bonchev–Trinajstić information content (AvgIpc) is 2.07. The van der Waals surface area contributed by atoms with Crippen LogP contribution in [0, 0.1) is 5.92 Å². The fraction of sp³-hybridized carbons (Fsp3) is 0.889. The predicted octanol–water partition coefficient (Wildman–Crippen LogP) is 1.52. The molecule has 0 heterocycles. The van der Waals surface area contributed by atoms with Gasteiger partial charge in [-0.1, -0.05) is 19.3 Å². The first kappa shape index (κ1) is 8.72. The number of hydrogen-bond acceptors (Lipinski definition) is 2. The second-order valence-electron chi connectivity index (χ2n) is 3.37. The van der Waals surface area contributed by atoms with Crippen LogP contribution in [0.1, 0.15) is 38.5 Å². The monoisotopic (exact) mass is 156 g/mol. The molecular weight excluding hydrogens is 140 g/mol. The summed E-state index contributed by atoms with van der Waals surface area (Å²) in [4.78, 5) is 10.1.